The Hall–Kier alpha value is -0.710. The summed E-state index contributed by atoms with van der Waals surface area (Å²) in [5.74, 6) is -0.218. The summed E-state index contributed by atoms with van der Waals surface area (Å²) in [6.45, 7) is 3.10. The van der Waals surface area contributed by atoms with Crippen molar-refractivity contribution in [2.45, 2.75) is 25.8 Å². The summed E-state index contributed by atoms with van der Waals surface area (Å²) in [4.78, 5) is 0. The predicted molar refractivity (Wildman–Crippen MR) is 93.0 cm³/mol. The summed E-state index contributed by atoms with van der Waals surface area (Å²) < 4.78 is 15.1. The zero-order valence-corrected chi connectivity index (χ0v) is 15.0. The highest BCUT2D eigenvalue weighted by Crippen LogP contribution is 2.29. The lowest BCUT2D eigenvalue weighted by molar-refractivity contribution is 0.526. The van der Waals surface area contributed by atoms with Crippen LogP contribution >= 0.6 is 31.9 Å². The minimum atomic E-state index is -0.218. The fourth-order valence-electron chi connectivity index (χ4n) is 2.28. The molecule has 1 atom stereocenters. The molecule has 0 radical (unpaired) electrons. The molecule has 2 rings (SSSR count). The second kappa shape index (κ2) is 8.06. The van der Waals surface area contributed by atoms with Crippen molar-refractivity contribution in [3.8, 4) is 0 Å². The molecule has 1 nitrogen and oxygen atoms in total. The summed E-state index contributed by atoms with van der Waals surface area (Å²) >= 11 is 7.08. The van der Waals surface area contributed by atoms with E-state index in [-0.39, 0.29) is 11.9 Å². The first kappa shape index (κ1) is 16.7. The van der Waals surface area contributed by atoms with E-state index in [0.717, 1.165) is 33.9 Å². The van der Waals surface area contributed by atoms with Crippen molar-refractivity contribution in [2.24, 2.45) is 0 Å². The zero-order valence-electron chi connectivity index (χ0n) is 11.9. The third-order valence-electron chi connectivity index (χ3n) is 3.36. The Kier molecular flexibility index (Phi) is 6.40. The van der Waals surface area contributed by atoms with Crippen LogP contribution in [0.15, 0.2) is 51.4 Å². The van der Waals surface area contributed by atoms with E-state index in [1.54, 1.807) is 0 Å². The van der Waals surface area contributed by atoms with Crippen molar-refractivity contribution in [1.29, 1.82) is 0 Å². The molecule has 0 amide bonds. The van der Waals surface area contributed by atoms with Crippen molar-refractivity contribution in [3.05, 3.63) is 68.4 Å². The van der Waals surface area contributed by atoms with Gasteiger partial charge in [-0.05, 0) is 48.7 Å². The van der Waals surface area contributed by atoms with E-state index in [2.05, 4.69) is 56.2 Å². The van der Waals surface area contributed by atoms with Crippen molar-refractivity contribution in [3.63, 3.8) is 0 Å². The van der Waals surface area contributed by atoms with Crippen LogP contribution in [0.4, 0.5) is 4.39 Å². The Labute approximate surface area is 142 Å². The van der Waals surface area contributed by atoms with E-state index in [9.17, 15) is 4.39 Å². The fraction of sp³-hybridized carbons (Fsp3) is 0.294. The van der Waals surface area contributed by atoms with Gasteiger partial charge in [0.15, 0.2) is 0 Å². The molecule has 0 saturated carbocycles. The molecule has 1 unspecified atom stereocenters. The molecule has 0 bridgehead atoms. The highest BCUT2D eigenvalue weighted by atomic mass is 79.9. The zero-order chi connectivity index (χ0) is 15.2. The number of benzene rings is 2. The molecule has 0 spiro atoms. The van der Waals surface area contributed by atoms with Gasteiger partial charge < -0.3 is 5.32 Å². The molecule has 2 aromatic rings. The minimum Gasteiger partial charge on any atom is -0.310 e. The van der Waals surface area contributed by atoms with E-state index in [0.29, 0.717) is 0 Å². The summed E-state index contributed by atoms with van der Waals surface area (Å²) in [6, 6.07) is 13.3. The van der Waals surface area contributed by atoms with Gasteiger partial charge in [0.2, 0.25) is 0 Å². The number of rotatable bonds is 6. The topological polar surface area (TPSA) is 12.0 Å². The van der Waals surface area contributed by atoms with E-state index in [4.69, 9.17) is 0 Å². The van der Waals surface area contributed by atoms with Crippen molar-refractivity contribution in [2.75, 3.05) is 6.54 Å². The van der Waals surface area contributed by atoms with Gasteiger partial charge in [-0.15, -0.1) is 0 Å². The first-order valence-electron chi connectivity index (χ1n) is 7.03. The summed E-state index contributed by atoms with van der Waals surface area (Å²) in [7, 11) is 0. The van der Waals surface area contributed by atoms with Gasteiger partial charge in [-0.2, -0.15) is 0 Å². The van der Waals surface area contributed by atoms with E-state index in [1.807, 2.05) is 18.2 Å². The maximum absolute atomic E-state index is 13.2. The van der Waals surface area contributed by atoms with Gasteiger partial charge in [-0.3, -0.25) is 0 Å². The van der Waals surface area contributed by atoms with E-state index >= 15 is 0 Å². The largest absolute Gasteiger partial charge is 0.310 e. The van der Waals surface area contributed by atoms with Crippen molar-refractivity contribution in [1.82, 2.24) is 5.32 Å². The highest BCUT2D eigenvalue weighted by Gasteiger charge is 2.15. The third-order valence-corrected chi connectivity index (χ3v) is 4.82. The quantitative estimate of drug-likeness (QED) is 0.645. The Morgan fingerprint density at radius 2 is 1.86 bits per heavy atom. The lowest BCUT2D eigenvalue weighted by Gasteiger charge is -2.21. The maximum Gasteiger partial charge on any atom is 0.124 e. The predicted octanol–water partition coefficient (Wildman–Crippen LogP) is 5.63. The molecular formula is C17H18Br2FN. The molecule has 4 heteroatoms. The third kappa shape index (κ3) is 4.63. The summed E-state index contributed by atoms with van der Waals surface area (Å²) in [6.07, 6.45) is 1.88. The standard InChI is InChI=1S/C17H18Br2FN/c1-2-9-21-17(14-5-3-4-6-15(14)18)10-12-7-8-13(20)11-16(12)19/h3-8,11,17,21H,2,9-10H2,1H3. The highest BCUT2D eigenvalue weighted by molar-refractivity contribution is 9.10. The Morgan fingerprint density at radius 3 is 2.52 bits per heavy atom. The lowest BCUT2D eigenvalue weighted by Crippen LogP contribution is -2.24. The number of nitrogens with one attached hydrogen (secondary N) is 1. The van der Waals surface area contributed by atoms with Gasteiger partial charge in [0.25, 0.3) is 0 Å². The number of halogens is 3. The van der Waals surface area contributed by atoms with Crippen LogP contribution in [0.3, 0.4) is 0 Å². The molecular weight excluding hydrogens is 397 g/mol. The minimum absolute atomic E-state index is 0.197. The van der Waals surface area contributed by atoms with E-state index < -0.39 is 0 Å². The van der Waals surface area contributed by atoms with Gasteiger partial charge in [0.05, 0.1) is 0 Å². The molecule has 0 saturated heterocycles. The first-order chi connectivity index (χ1) is 10.1. The van der Waals surface area contributed by atoms with Crippen LogP contribution in [0.25, 0.3) is 0 Å². The van der Waals surface area contributed by atoms with Crippen molar-refractivity contribution >= 4 is 31.9 Å². The van der Waals surface area contributed by atoms with Crippen LogP contribution in [-0.4, -0.2) is 6.54 Å². The smallest absolute Gasteiger partial charge is 0.124 e. The average molecular weight is 415 g/mol. The van der Waals surface area contributed by atoms with Crippen LogP contribution in [0, 0.1) is 5.82 Å². The lowest BCUT2D eigenvalue weighted by atomic mass is 9.98. The van der Waals surface area contributed by atoms with Gasteiger partial charge in [0, 0.05) is 15.0 Å². The molecule has 112 valence electrons. The van der Waals surface area contributed by atoms with Gasteiger partial charge in [-0.1, -0.05) is 63.0 Å². The van der Waals surface area contributed by atoms with Gasteiger partial charge in [-0.25, -0.2) is 4.39 Å². The Bertz CT molecular complexity index is 601. The van der Waals surface area contributed by atoms with E-state index in [1.165, 1.54) is 17.7 Å². The van der Waals surface area contributed by atoms with Gasteiger partial charge >= 0.3 is 0 Å². The average Bonchev–Trinajstić information content (AvgIpc) is 2.46. The number of hydrogen-bond donors (Lipinski definition) is 1. The molecule has 0 aromatic heterocycles. The van der Waals surface area contributed by atoms with Crippen LogP contribution in [0.2, 0.25) is 0 Å². The molecule has 0 aliphatic carbocycles. The Balaban J connectivity index is 2.26. The second-order valence-corrected chi connectivity index (χ2v) is 6.68. The molecule has 0 heterocycles. The van der Waals surface area contributed by atoms with Crippen LogP contribution < -0.4 is 5.32 Å². The Morgan fingerprint density at radius 1 is 1.10 bits per heavy atom. The molecule has 21 heavy (non-hydrogen) atoms. The fourth-order valence-corrected chi connectivity index (χ4v) is 3.35. The SMILES string of the molecule is CCCNC(Cc1ccc(F)cc1Br)c1ccccc1Br. The molecule has 2 aromatic carbocycles. The van der Waals surface area contributed by atoms with Gasteiger partial charge in [0.1, 0.15) is 5.82 Å². The van der Waals surface area contributed by atoms with Crippen LogP contribution in [0.5, 0.6) is 0 Å². The van der Waals surface area contributed by atoms with Crippen molar-refractivity contribution < 1.29 is 4.39 Å². The van der Waals surface area contributed by atoms with Crippen LogP contribution in [0.1, 0.15) is 30.5 Å². The molecule has 0 aliphatic rings. The second-order valence-electron chi connectivity index (χ2n) is 4.97. The summed E-state index contributed by atoms with van der Waals surface area (Å²) in [5, 5.41) is 3.57. The van der Waals surface area contributed by atoms with Crippen LogP contribution in [-0.2, 0) is 6.42 Å². The number of hydrogen-bond acceptors (Lipinski definition) is 1. The summed E-state index contributed by atoms with van der Waals surface area (Å²) in [5.41, 5.74) is 2.32. The molecule has 0 aliphatic heterocycles. The first-order valence-corrected chi connectivity index (χ1v) is 8.62. The molecule has 0 fully saturated rings. The normalized spacial score (nSPS) is 12.4. The monoisotopic (exact) mass is 413 g/mol. The maximum atomic E-state index is 13.2. The molecule has 1 N–H and O–H groups in total.